The predicted octanol–water partition coefficient (Wildman–Crippen LogP) is 2.89. The third kappa shape index (κ3) is 7.05. The molecule has 0 atom stereocenters. The quantitative estimate of drug-likeness (QED) is 0.600. The predicted molar refractivity (Wildman–Crippen MR) is 33.7 cm³/mol. The first-order chi connectivity index (χ1) is 2.00. The zero-order chi connectivity index (χ0) is 2.83. The molecule has 1 fully saturated rings. The van der Waals surface area contributed by atoms with Crippen LogP contribution >= 0.6 is 0 Å². The van der Waals surface area contributed by atoms with Crippen molar-refractivity contribution in [2.24, 2.45) is 0 Å². The molecular formula is C6H17U-. The van der Waals surface area contributed by atoms with Crippen LogP contribution in [0.1, 0.15) is 34.5 Å². The van der Waals surface area contributed by atoms with E-state index in [1.54, 1.807) is 0 Å². The molecule has 0 bridgehead atoms. The number of hydrogen-bond donors (Lipinski definition) is 0. The molecule has 1 saturated carbocycles. The maximum atomic E-state index is 1.50. The van der Waals surface area contributed by atoms with Gasteiger partial charge in [0.2, 0.25) is 0 Å². The van der Waals surface area contributed by atoms with E-state index in [0.717, 1.165) is 0 Å². The Kier molecular flexibility index (Phi) is 22.7. The molecule has 1 aliphatic carbocycles. The number of hydrogen-bond acceptors (Lipinski definition) is 0. The second-order valence-corrected chi connectivity index (χ2v) is 1.41. The Balaban J connectivity index is -0.0000000200. The van der Waals surface area contributed by atoms with Gasteiger partial charge in [0.1, 0.15) is 0 Å². The van der Waals surface area contributed by atoms with E-state index in [9.17, 15) is 0 Å². The molecular weight excluding hydrogens is 310 g/mol. The topological polar surface area (TPSA) is 0 Å². The fourth-order valence-electron chi connectivity index (χ4n) is 0.250. The summed E-state index contributed by atoms with van der Waals surface area (Å²) in [5.41, 5.74) is 0. The van der Waals surface area contributed by atoms with Crippen molar-refractivity contribution in [3.63, 3.8) is 0 Å². The maximum absolute atomic E-state index is 1.50. The van der Waals surface area contributed by atoms with Crippen LogP contribution in [0.15, 0.2) is 0 Å². The van der Waals surface area contributed by atoms with Crippen LogP contribution in [-0.2, 0) is 0 Å². The molecule has 0 spiro atoms. The van der Waals surface area contributed by atoms with Gasteiger partial charge >= 0.3 is 0 Å². The Morgan fingerprint density at radius 2 is 1.00 bits per heavy atom. The Hall–Kier alpha value is 1.05. The van der Waals surface area contributed by atoms with Crippen molar-refractivity contribution in [2.75, 3.05) is 0 Å². The number of rotatable bonds is 0. The van der Waals surface area contributed by atoms with Gasteiger partial charge in [-0.05, 0) is 0 Å². The van der Waals surface area contributed by atoms with E-state index < -0.39 is 0 Å². The summed E-state index contributed by atoms with van der Waals surface area (Å²) in [6.45, 7) is 0. The molecule has 0 aromatic carbocycles. The Labute approximate surface area is 72.9 Å². The first-order valence-corrected chi connectivity index (χ1v) is 2.00. The fraction of sp³-hybridized carbons (Fsp3) is 0.833. The van der Waals surface area contributed by atoms with Gasteiger partial charge in [0, 0.05) is 32.5 Å². The first-order valence-electron chi connectivity index (χ1n) is 2.00. The molecule has 1 aliphatic rings. The van der Waals surface area contributed by atoms with Gasteiger partial charge in [0.25, 0.3) is 0 Å². The standard InChI is InChI=1S/C4H8.CH4.CH3.U.H2/c1-2-4-3-1;;;;/h1-4H2;1H4;1H3;;1H/q;;-1;;/i;;;;1+2. The van der Waals surface area contributed by atoms with E-state index in [1.165, 1.54) is 25.7 Å². The molecule has 0 radical (unpaired) electrons. The molecule has 0 unspecified atom stereocenters. The Morgan fingerprint density at radius 1 is 0.857 bits per heavy atom. The summed E-state index contributed by atoms with van der Waals surface area (Å²) in [6, 6.07) is 0. The third-order valence-electron chi connectivity index (χ3n) is 1.000. The first kappa shape index (κ1) is 15.7. The van der Waals surface area contributed by atoms with Crippen molar-refractivity contribution in [3.05, 3.63) is 7.43 Å². The van der Waals surface area contributed by atoms with Crippen LogP contribution in [0.25, 0.3) is 0 Å². The van der Waals surface area contributed by atoms with Gasteiger partial charge in [-0.15, -0.1) is 0 Å². The van der Waals surface area contributed by atoms with Crippen LogP contribution in [0.4, 0.5) is 0 Å². The molecule has 0 aliphatic heterocycles. The summed E-state index contributed by atoms with van der Waals surface area (Å²) in [7, 11) is 0. The summed E-state index contributed by atoms with van der Waals surface area (Å²) in [4.78, 5) is 0. The molecule has 0 heterocycles. The second kappa shape index (κ2) is 10.1. The average molecular weight is 329 g/mol. The Morgan fingerprint density at radius 3 is 1.00 bits per heavy atom. The van der Waals surface area contributed by atoms with Crippen molar-refractivity contribution in [1.82, 2.24) is 0 Å². The van der Waals surface area contributed by atoms with Crippen LogP contribution in [0.3, 0.4) is 0 Å². The van der Waals surface area contributed by atoms with Gasteiger partial charge in [-0.3, -0.25) is 0 Å². The zero-order valence-electron chi connectivity index (χ0n) is 4.33. The fourth-order valence-corrected chi connectivity index (χ4v) is 0.250. The molecule has 0 aromatic rings. The normalized spacial score (nSPS) is 13.7. The van der Waals surface area contributed by atoms with E-state index in [1.807, 2.05) is 0 Å². The molecule has 7 heavy (non-hydrogen) atoms. The average Bonchev–Trinajstić information content (AvgIpc) is 0.722. The smallest absolute Gasteiger partial charge is 0 e. The molecule has 0 aromatic heterocycles. The van der Waals surface area contributed by atoms with Gasteiger partial charge in [-0.25, -0.2) is 0 Å². The minimum absolute atomic E-state index is 0. The summed E-state index contributed by atoms with van der Waals surface area (Å²) in [5, 5.41) is 0. The minimum atomic E-state index is 0. The van der Waals surface area contributed by atoms with E-state index in [0.29, 0.717) is 0 Å². The van der Waals surface area contributed by atoms with Gasteiger partial charge in [-0.1, -0.05) is 33.1 Å². The monoisotopic (exact) mass is 329 g/mol. The van der Waals surface area contributed by atoms with Crippen molar-refractivity contribution >= 4 is 0 Å². The zero-order valence-corrected chi connectivity index (χ0v) is 8.49. The van der Waals surface area contributed by atoms with Crippen LogP contribution < -0.4 is 0 Å². The molecule has 0 N–H and O–H groups in total. The van der Waals surface area contributed by atoms with Crippen LogP contribution in [0, 0.1) is 38.5 Å². The molecule has 1 heteroatoms. The van der Waals surface area contributed by atoms with Crippen molar-refractivity contribution < 1.29 is 32.5 Å². The van der Waals surface area contributed by atoms with Gasteiger partial charge < -0.3 is 7.43 Å². The Bertz CT molecular complexity index is 16.5. The van der Waals surface area contributed by atoms with E-state index in [2.05, 4.69) is 0 Å². The third-order valence-corrected chi connectivity index (χ3v) is 1.000. The molecule has 0 amide bonds. The maximum Gasteiger partial charge on any atom is 0 e. The van der Waals surface area contributed by atoms with E-state index in [-0.39, 0.29) is 47.4 Å². The molecule has 1 rings (SSSR count). The van der Waals surface area contributed by atoms with Crippen molar-refractivity contribution in [3.8, 4) is 0 Å². The molecule has 46 valence electrons. The van der Waals surface area contributed by atoms with Crippen LogP contribution in [0.2, 0.25) is 0 Å². The second-order valence-electron chi connectivity index (χ2n) is 1.41. The van der Waals surface area contributed by atoms with Gasteiger partial charge in [0.15, 0.2) is 0 Å². The summed E-state index contributed by atoms with van der Waals surface area (Å²) in [6.07, 6.45) is 6.00. The van der Waals surface area contributed by atoms with Gasteiger partial charge in [-0.2, -0.15) is 0 Å². The van der Waals surface area contributed by atoms with Crippen molar-refractivity contribution in [2.45, 2.75) is 33.1 Å². The molecule has 0 saturated heterocycles. The minimum Gasteiger partial charge on any atom is -0.358 e. The van der Waals surface area contributed by atoms with E-state index in [4.69, 9.17) is 0 Å². The largest absolute Gasteiger partial charge is 0.358 e. The van der Waals surface area contributed by atoms with E-state index >= 15 is 0 Å². The summed E-state index contributed by atoms with van der Waals surface area (Å²) in [5.74, 6) is 0. The SMILES string of the molecule is C.C1CCC1.[3HH].[CH3-].[U]. The van der Waals surface area contributed by atoms with Crippen LogP contribution in [0.5, 0.6) is 0 Å². The van der Waals surface area contributed by atoms with Gasteiger partial charge in [0.05, 0.1) is 0 Å². The van der Waals surface area contributed by atoms with Crippen molar-refractivity contribution in [1.29, 1.82) is 0 Å². The summed E-state index contributed by atoms with van der Waals surface area (Å²) >= 11 is 0. The van der Waals surface area contributed by atoms with Crippen LogP contribution in [-0.4, -0.2) is 0 Å². The molecule has 0 nitrogen and oxygen atoms in total. The summed E-state index contributed by atoms with van der Waals surface area (Å²) < 4.78 is 0.